The van der Waals surface area contributed by atoms with Crippen LogP contribution in [0.1, 0.15) is 18.2 Å². The molecule has 15 heavy (non-hydrogen) atoms. The summed E-state index contributed by atoms with van der Waals surface area (Å²) in [6.45, 7) is 2.14. The second-order valence-electron chi connectivity index (χ2n) is 3.22. The summed E-state index contributed by atoms with van der Waals surface area (Å²) in [5.74, 6) is 0. The van der Waals surface area contributed by atoms with Crippen LogP contribution in [0.3, 0.4) is 0 Å². The largest absolute Gasteiger partial charge is 0.252 e. The lowest BCUT2D eigenvalue weighted by Gasteiger charge is -2.00. The molecule has 0 aliphatic carbocycles. The van der Waals surface area contributed by atoms with Gasteiger partial charge >= 0.3 is 0 Å². The molecule has 0 N–H and O–H groups in total. The highest BCUT2D eigenvalue weighted by molar-refractivity contribution is 7.12. The number of hydrogen-bond acceptors (Lipinski definition) is 2. The van der Waals surface area contributed by atoms with Crippen LogP contribution in [0.2, 0.25) is 0 Å². The van der Waals surface area contributed by atoms with E-state index in [9.17, 15) is 0 Å². The van der Waals surface area contributed by atoms with Gasteiger partial charge in [-0.3, -0.25) is 4.99 Å². The molecule has 0 aliphatic heterocycles. The van der Waals surface area contributed by atoms with Gasteiger partial charge in [0.05, 0.1) is 11.4 Å². The molecular weight excluding hydrogens is 202 g/mol. The molecule has 0 unspecified atom stereocenters. The lowest BCUT2D eigenvalue weighted by Crippen LogP contribution is -1.94. The summed E-state index contributed by atoms with van der Waals surface area (Å²) in [5.41, 5.74) is 2.19. The lowest BCUT2D eigenvalue weighted by atomic mass is 10.2. The maximum Gasteiger partial charge on any atom is 0.0633 e. The van der Waals surface area contributed by atoms with Gasteiger partial charge in [-0.15, -0.1) is 11.3 Å². The minimum absolute atomic E-state index is 0.968. The standard InChI is InChI=1S/C13H13NS/c1-2-12(13-9-6-10-15-13)14-11-7-4-3-5-8-11/h3-10H,2H2,1H3. The monoisotopic (exact) mass is 215 g/mol. The van der Waals surface area contributed by atoms with Crippen molar-refractivity contribution in [3.63, 3.8) is 0 Å². The minimum atomic E-state index is 0.968. The first-order valence-corrected chi connectivity index (χ1v) is 5.94. The molecule has 0 bridgehead atoms. The average Bonchev–Trinajstić information content (AvgIpc) is 2.81. The van der Waals surface area contributed by atoms with Gasteiger partial charge in [0.15, 0.2) is 0 Å². The Morgan fingerprint density at radius 1 is 1.13 bits per heavy atom. The van der Waals surface area contributed by atoms with E-state index in [2.05, 4.69) is 29.4 Å². The van der Waals surface area contributed by atoms with Crippen LogP contribution in [0.15, 0.2) is 52.8 Å². The number of para-hydroxylation sites is 1. The predicted molar refractivity (Wildman–Crippen MR) is 67.2 cm³/mol. The van der Waals surface area contributed by atoms with E-state index in [0.717, 1.165) is 17.8 Å². The summed E-state index contributed by atoms with van der Waals surface area (Å²) >= 11 is 1.74. The van der Waals surface area contributed by atoms with E-state index >= 15 is 0 Å². The van der Waals surface area contributed by atoms with E-state index in [-0.39, 0.29) is 0 Å². The van der Waals surface area contributed by atoms with Gasteiger partial charge < -0.3 is 0 Å². The summed E-state index contributed by atoms with van der Waals surface area (Å²) in [4.78, 5) is 5.91. The normalized spacial score (nSPS) is 11.7. The predicted octanol–water partition coefficient (Wildman–Crippen LogP) is 4.28. The van der Waals surface area contributed by atoms with E-state index < -0.39 is 0 Å². The molecule has 1 nitrogen and oxygen atoms in total. The molecule has 2 rings (SSSR count). The molecule has 1 aromatic heterocycles. The second-order valence-corrected chi connectivity index (χ2v) is 4.17. The van der Waals surface area contributed by atoms with Crippen molar-refractivity contribution in [3.05, 3.63) is 52.7 Å². The Morgan fingerprint density at radius 3 is 2.53 bits per heavy atom. The highest BCUT2D eigenvalue weighted by atomic mass is 32.1. The Balaban J connectivity index is 2.32. The molecule has 76 valence electrons. The van der Waals surface area contributed by atoms with Gasteiger partial charge in [0.1, 0.15) is 0 Å². The second kappa shape index (κ2) is 4.89. The van der Waals surface area contributed by atoms with Gasteiger partial charge in [0.25, 0.3) is 0 Å². The van der Waals surface area contributed by atoms with Gasteiger partial charge in [-0.1, -0.05) is 31.2 Å². The van der Waals surface area contributed by atoms with Gasteiger partial charge in [0.2, 0.25) is 0 Å². The number of aliphatic imine (C=N–C) groups is 1. The van der Waals surface area contributed by atoms with Crippen molar-refractivity contribution in [2.45, 2.75) is 13.3 Å². The summed E-state index contributed by atoms with van der Waals surface area (Å²) in [5, 5.41) is 2.09. The lowest BCUT2D eigenvalue weighted by molar-refractivity contribution is 1.27. The Hall–Kier alpha value is -1.41. The average molecular weight is 215 g/mol. The van der Waals surface area contributed by atoms with Crippen molar-refractivity contribution in [1.29, 1.82) is 0 Å². The van der Waals surface area contributed by atoms with Crippen molar-refractivity contribution in [3.8, 4) is 0 Å². The van der Waals surface area contributed by atoms with Crippen LogP contribution in [-0.4, -0.2) is 5.71 Å². The zero-order valence-electron chi connectivity index (χ0n) is 8.68. The maximum absolute atomic E-state index is 4.65. The van der Waals surface area contributed by atoms with Crippen molar-refractivity contribution in [2.75, 3.05) is 0 Å². The fourth-order valence-corrected chi connectivity index (χ4v) is 2.20. The van der Waals surface area contributed by atoms with E-state index in [1.165, 1.54) is 4.88 Å². The molecule has 1 heterocycles. The van der Waals surface area contributed by atoms with Gasteiger partial charge in [0, 0.05) is 4.88 Å². The zero-order valence-corrected chi connectivity index (χ0v) is 9.50. The zero-order chi connectivity index (χ0) is 10.5. The summed E-state index contributed by atoms with van der Waals surface area (Å²) in [7, 11) is 0. The minimum Gasteiger partial charge on any atom is -0.252 e. The van der Waals surface area contributed by atoms with E-state index in [0.29, 0.717) is 0 Å². The van der Waals surface area contributed by atoms with Crippen molar-refractivity contribution in [2.24, 2.45) is 4.99 Å². The molecule has 0 atom stereocenters. The first-order chi connectivity index (χ1) is 7.40. The molecular formula is C13H13NS. The van der Waals surface area contributed by atoms with Crippen LogP contribution in [0, 0.1) is 0 Å². The van der Waals surface area contributed by atoms with Crippen LogP contribution in [-0.2, 0) is 0 Å². The van der Waals surface area contributed by atoms with E-state index in [1.807, 2.05) is 30.3 Å². The van der Waals surface area contributed by atoms with Crippen molar-refractivity contribution < 1.29 is 0 Å². The smallest absolute Gasteiger partial charge is 0.0633 e. The first-order valence-electron chi connectivity index (χ1n) is 5.06. The van der Waals surface area contributed by atoms with Gasteiger partial charge in [-0.2, -0.15) is 0 Å². The molecule has 0 radical (unpaired) electrons. The third-order valence-electron chi connectivity index (χ3n) is 2.16. The van der Waals surface area contributed by atoms with Crippen molar-refractivity contribution in [1.82, 2.24) is 0 Å². The summed E-state index contributed by atoms with van der Waals surface area (Å²) in [6.07, 6.45) is 0.968. The quantitative estimate of drug-likeness (QED) is 0.678. The Labute approximate surface area is 94.1 Å². The van der Waals surface area contributed by atoms with Crippen LogP contribution in [0.5, 0.6) is 0 Å². The van der Waals surface area contributed by atoms with Crippen LogP contribution in [0.25, 0.3) is 0 Å². The van der Waals surface area contributed by atoms with Gasteiger partial charge in [-0.05, 0) is 30.0 Å². The number of rotatable bonds is 3. The third-order valence-corrected chi connectivity index (χ3v) is 3.08. The summed E-state index contributed by atoms with van der Waals surface area (Å²) in [6, 6.07) is 14.3. The molecule has 2 aromatic rings. The van der Waals surface area contributed by atoms with Crippen molar-refractivity contribution >= 4 is 22.7 Å². The first kappa shape index (κ1) is 10.1. The fourth-order valence-electron chi connectivity index (χ4n) is 1.41. The van der Waals surface area contributed by atoms with Crippen LogP contribution in [0.4, 0.5) is 5.69 Å². The van der Waals surface area contributed by atoms with E-state index in [4.69, 9.17) is 0 Å². The molecule has 1 aromatic carbocycles. The Bertz CT molecular complexity index is 429. The molecule has 0 saturated heterocycles. The molecule has 0 spiro atoms. The highest BCUT2D eigenvalue weighted by Crippen LogP contribution is 2.17. The third kappa shape index (κ3) is 2.54. The Morgan fingerprint density at radius 2 is 1.93 bits per heavy atom. The van der Waals surface area contributed by atoms with E-state index in [1.54, 1.807) is 11.3 Å². The number of benzene rings is 1. The fraction of sp³-hybridized carbons (Fsp3) is 0.154. The topological polar surface area (TPSA) is 12.4 Å². The van der Waals surface area contributed by atoms with Crippen LogP contribution < -0.4 is 0 Å². The Kier molecular flexibility index (Phi) is 3.30. The molecule has 0 fully saturated rings. The van der Waals surface area contributed by atoms with Crippen LogP contribution >= 0.6 is 11.3 Å². The number of nitrogens with zero attached hydrogens (tertiary/aromatic N) is 1. The summed E-state index contributed by atoms with van der Waals surface area (Å²) < 4.78 is 0. The molecule has 2 heteroatoms. The maximum atomic E-state index is 4.65. The number of thiophene rings is 1. The molecule has 0 saturated carbocycles. The molecule has 0 aliphatic rings. The number of hydrogen-bond donors (Lipinski definition) is 0. The molecule has 0 amide bonds. The van der Waals surface area contributed by atoms with Gasteiger partial charge in [-0.25, -0.2) is 0 Å². The highest BCUT2D eigenvalue weighted by Gasteiger charge is 2.01. The SMILES string of the molecule is CCC(=Nc1ccccc1)c1cccs1.